The molecule has 0 aromatic rings. The summed E-state index contributed by atoms with van der Waals surface area (Å²) in [5.41, 5.74) is 0.451. The summed E-state index contributed by atoms with van der Waals surface area (Å²) in [6, 6.07) is -0.773. The SMILES string of the molecule is C=C(/C=C\C=C(/C)OCCOCCOCCF)[C@H](CC(=O)O)NC(=O)[C@@H]1CCCN(C(=O)CCC2CCNCC2)C1. The highest BCUT2D eigenvalue weighted by atomic mass is 19.1. The van der Waals surface area contributed by atoms with Crippen LogP contribution in [0.4, 0.5) is 4.39 Å². The van der Waals surface area contributed by atoms with E-state index in [0.717, 1.165) is 38.8 Å². The fourth-order valence-electron chi connectivity index (χ4n) is 4.92. The summed E-state index contributed by atoms with van der Waals surface area (Å²) >= 11 is 0. The number of rotatable bonds is 19. The van der Waals surface area contributed by atoms with Gasteiger partial charge in [-0.3, -0.25) is 14.4 Å². The Morgan fingerprint density at radius 3 is 2.54 bits per heavy atom. The third kappa shape index (κ3) is 14.6. The average molecular weight is 582 g/mol. The number of carboxylic acids is 1. The number of likely N-dealkylation sites (tertiary alicyclic amines) is 1. The zero-order valence-electron chi connectivity index (χ0n) is 24.4. The van der Waals surface area contributed by atoms with Crippen molar-refractivity contribution in [3.63, 3.8) is 0 Å². The molecule has 232 valence electrons. The third-order valence-electron chi connectivity index (χ3n) is 7.31. The predicted molar refractivity (Wildman–Crippen MR) is 154 cm³/mol. The molecule has 0 bridgehead atoms. The third-order valence-corrected chi connectivity index (χ3v) is 7.31. The van der Waals surface area contributed by atoms with Crippen LogP contribution >= 0.6 is 0 Å². The monoisotopic (exact) mass is 581 g/mol. The van der Waals surface area contributed by atoms with Gasteiger partial charge in [0, 0.05) is 19.5 Å². The summed E-state index contributed by atoms with van der Waals surface area (Å²) in [4.78, 5) is 39.2. The minimum absolute atomic E-state index is 0.0648. The summed E-state index contributed by atoms with van der Waals surface area (Å²) in [5.74, 6) is -0.400. The van der Waals surface area contributed by atoms with Crippen LogP contribution < -0.4 is 10.6 Å². The van der Waals surface area contributed by atoms with Crippen molar-refractivity contribution in [2.45, 2.75) is 57.9 Å². The zero-order chi connectivity index (χ0) is 29.9. The van der Waals surface area contributed by atoms with Gasteiger partial charge in [-0.2, -0.15) is 0 Å². The number of carbonyl (C=O) groups excluding carboxylic acids is 2. The molecule has 10 nitrogen and oxygen atoms in total. The first-order valence-electron chi connectivity index (χ1n) is 14.7. The number of alkyl halides is 1. The molecule has 2 atom stereocenters. The second kappa shape index (κ2) is 20.2. The summed E-state index contributed by atoms with van der Waals surface area (Å²) in [7, 11) is 0. The number of carboxylic acid groups (broad SMARTS) is 1. The molecule has 0 aromatic carbocycles. The minimum atomic E-state index is -1.05. The number of nitrogens with zero attached hydrogens (tertiary/aromatic N) is 1. The average Bonchev–Trinajstić information content (AvgIpc) is 2.97. The number of piperidine rings is 2. The molecule has 2 heterocycles. The Balaban J connectivity index is 1.79. The van der Waals surface area contributed by atoms with Crippen LogP contribution in [0, 0.1) is 11.8 Å². The zero-order valence-corrected chi connectivity index (χ0v) is 24.4. The van der Waals surface area contributed by atoms with Gasteiger partial charge in [-0.15, -0.1) is 0 Å². The molecule has 2 fully saturated rings. The molecular weight excluding hydrogens is 533 g/mol. The highest BCUT2D eigenvalue weighted by Gasteiger charge is 2.30. The molecule has 2 rings (SSSR count). The van der Waals surface area contributed by atoms with E-state index in [-0.39, 0.29) is 30.8 Å². The molecule has 0 radical (unpaired) electrons. The van der Waals surface area contributed by atoms with E-state index in [9.17, 15) is 23.9 Å². The number of hydrogen-bond acceptors (Lipinski definition) is 7. The van der Waals surface area contributed by atoms with Crippen molar-refractivity contribution < 1.29 is 38.1 Å². The first kappa shape index (κ1) is 34.4. The lowest BCUT2D eigenvalue weighted by Crippen LogP contribution is -2.48. The highest BCUT2D eigenvalue weighted by Crippen LogP contribution is 2.22. The Hall–Kier alpha value is -2.76. The molecule has 41 heavy (non-hydrogen) atoms. The second-order valence-electron chi connectivity index (χ2n) is 10.5. The van der Waals surface area contributed by atoms with E-state index in [1.807, 2.05) is 0 Å². The molecule has 0 unspecified atom stereocenters. The van der Waals surface area contributed by atoms with Gasteiger partial charge in [-0.25, -0.2) is 4.39 Å². The van der Waals surface area contributed by atoms with Gasteiger partial charge >= 0.3 is 5.97 Å². The van der Waals surface area contributed by atoms with Crippen molar-refractivity contribution in [3.05, 3.63) is 36.1 Å². The Labute approximate surface area is 243 Å². The van der Waals surface area contributed by atoms with E-state index >= 15 is 0 Å². The summed E-state index contributed by atoms with van der Waals surface area (Å²) in [6.45, 7) is 9.68. The van der Waals surface area contributed by atoms with Crippen LogP contribution in [0.3, 0.4) is 0 Å². The van der Waals surface area contributed by atoms with Gasteiger partial charge in [0.05, 0.1) is 50.6 Å². The molecule has 2 saturated heterocycles. The maximum atomic E-state index is 13.1. The molecule has 0 spiro atoms. The van der Waals surface area contributed by atoms with Gasteiger partial charge in [0.1, 0.15) is 13.3 Å². The van der Waals surface area contributed by atoms with Gasteiger partial charge in [-0.05, 0) is 69.7 Å². The number of ether oxygens (including phenoxy) is 3. The van der Waals surface area contributed by atoms with Gasteiger partial charge in [0.2, 0.25) is 11.8 Å². The van der Waals surface area contributed by atoms with E-state index in [4.69, 9.17) is 14.2 Å². The number of hydrogen-bond donors (Lipinski definition) is 3. The van der Waals surface area contributed by atoms with Gasteiger partial charge in [0.15, 0.2) is 0 Å². The fourth-order valence-corrected chi connectivity index (χ4v) is 4.92. The van der Waals surface area contributed by atoms with Gasteiger partial charge in [0.25, 0.3) is 0 Å². The molecule has 0 saturated carbocycles. The number of aliphatic carboxylic acids is 1. The quantitative estimate of drug-likeness (QED) is 0.121. The number of allylic oxidation sites excluding steroid dienone is 3. The normalized spacial score (nSPS) is 19.2. The van der Waals surface area contributed by atoms with Crippen molar-refractivity contribution in [1.29, 1.82) is 0 Å². The summed E-state index contributed by atoms with van der Waals surface area (Å²) < 4.78 is 27.8. The van der Waals surface area contributed by atoms with E-state index in [1.165, 1.54) is 0 Å². The van der Waals surface area contributed by atoms with Crippen LogP contribution in [0.5, 0.6) is 0 Å². The second-order valence-corrected chi connectivity index (χ2v) is 10.5. The molecule has 11 heteroatoms. The van der Waals surface area contributed by atoms with Gasteiger partial charge < -0.3 is 34.9 Å². The van der Waals surface area contributed by atoms with E-state index in [1.54, 1.807) is 30.1 Å². The van der Waals surface area contributed by atoms with Crippen molar-refractivity contribution in [2.24, 2.45) is 11.8 Å². The summed E-state index contributed by atoms with van der Waals surface area (Å²) in [5, 5.41) is 15.6. The van der Waals surface area contributed by atoms with Crippen LogP contribution in [-0.4, -0.2) is 99.7 Å². The standard InChI is InChI=1S/C30H48FN3O7/c1-23(5-3-6-24(2)41-20-19-40-18-17-39-16-12-31)27(21-29(36)37)33-30(38)26-7-4-15-34(22-26)28(35)9-8-25-10-13-32-14-11-25/h3,5-6,25-27,32H,1,4,7-22H2,2H3,(H,33,38)(H,36,37)/b5-3-,24-6+/t26-,27+/m1/s1. The number of nitrogens with one attached hydrogen (secondary N) is 2. The van der Waals surface area contributed by atoms with Crippen LogP contribution in [-0.2, 0) is 28.6 Å². The Morgan fingerprint density at radius 1 is 1.12 bits per heavy atom. The maximum absolute atomic E-state index is 13.1. The fraction of sp³-hybridized carbons (Fsp3) is 0.700. The lowest BCUT2D eigenvalue weighted by atomic mass is 9.92. The van der Waals surface area contributed by atoms with E-state index in [2.05, 4.69) is 17.2 Å². The first-order chi connectivity index (χ1) is 19.8. The smallest absolute Gasteiger partial charge is 0.305 e. The Bertz CT molecular complexity index is 889. The van der Waals surface area contributed by atoms with E-state index in [0.29, 0.717) is 69.6 Å². The first-order valence-corrected chi connectivity index (χ1v) is 14.7. The van der Waals surface area contributed by atoms with Gasteiger partial charge in [-0.1, -0.05) is 18.7 Å². The summed E-state index contributed by atoms with van der Waals surface area (Å²) in [6.07, 6.45) is 9.72. The van der Waals surface area contributed by atoms with Crippen molar-refractivity contribution in [3.8, 4) is 0 Å². The maximum Gasteiger partial charge on any atom is 0.305 e. The molecule has 2 aliphatic rings. The number of amides is 2. The van der Waals surface area contributed by atoms with Crippen LogP contribution in [0.2, 0.25) is 0 Å². The predicted octanol–water partition coefficient (Wildman–Crippen LogP) is 3.00. The van der Waals surface area contributed by atoms with Crippen LogP contribution in [0.15, 0.2) is 36.1 Å². The largest absolute Gasteiger partial charge is 0.496 e. The van der Waals surface area contributed by atoms with Crippen molar-refractivity contribution >= 4 is 17.8 Å². The Morgan fingerprint density at radius 2 is 1.83 bits per heavy atom. The molecular formula is C30H48FN3O7. The minimum Gasteiger partial charge on any atom is -0.496 e. The topological polar surface area (TPSA) is 126 Å². The molecule has 2 aliphatic heterocycles. The number of carbonyl (C=O) groups is 3. The molecule has 0 aromatic heterocycles. The highest BCUT2D eigenvalue weighted by molar-refractivity contribution is 5.82. The molecule has 3 N–H and O–H groups in total. The van der Waals surface area contributed by atoms with Crippen LogP contribution in [0.25, 0.3) is 0 Å². The molecule has 2 amide bonds. The van der Waals surface area contributed by atoms with Crippen molar-refractivity contribution in [1.82, 2.24) is 15.5 Å². The van der Waals surface area contributed by atoms with E-state index < -0.39 is 18.7 Å². The number of halogens is 1. The Kier molecular flexibility index (Phi) is 16.9. The van der Waals surface area contributed by atoms with Crippen molar-refractivity contribution in [2.75, 3.05) is 65.9 Å². The van der Waals surface area contributed by atoms with Crippen LogP contribution in [0.1, 0.15) is 51.9 Å². The lowest BCUT2D eigenvalue weighted by Gasteiger charge is -2.33. The lowest BCUT2D eigenvalue weighted by molar-refractivity contribution is -0.137. The molecule has 0 aliphatic carbocycles.